The number of benzene rings is 1. The van der Waals surface area contributed by atoms with E-state index in [0.29, 0.717) is 0 Å². The maximum absolute atomic E-state index is 13.2. The van der Waals surface area contributed by atoms with Crippen LogP contribution >= 0.6 is 11.6 Å². The lowest BCUT2D eigenvalue weighted by atomic mass is 9.88. The molecule has 0 bridgehead atoms. The number of hydrogen-bond donors (Lipinski definition) is 1. The molecule has 0 amide bonds. The van der Waals surface area contributed by atoms with Gasteiger partial charge in [-0.15, -0.1) is 0 Å². The van der Waals surface area contributed by atoms with E-state index >= 15 is 0 Å². The van der Waals surface area contributed by atoms with Gasteiger partial charge in [0.2, 0.25) is 0 Å². The summed E-state index contributed by atoms with van der Waals surface area (Å²) in [5, 5.41) is 3.53. The van der Waals surface area contributed by atoms with Crippen LogP contribution in [0.5, 0.6) is 0 Å². The molecule has 4 heteroatoms. The second kappa shape index (κ2) is 5.78. The second-order valence-corrected chi connectivity index (χ2v) is 6.75. The molecule has 1 aliphatic rings. The van der Waals surface area contributed by atoms with Gasteiger partial charge in [-0.1, -0.05) is 38.4 Å². The Morgan fingerprint density at radius 1 is 1.37 bits per heavy atom. The SMILES string of the molecule is CC(C)(C)CC1CNCC(c2ccc(F)c(Cl)c2)O1. The lowest BCUT2D eigenvalue weighted by Crippen LogP contribution is -2.42. The molecular weight excluding hydrogens is 265 g/mol. The molecule has 0 aliphatic carbocycles. The van der Waals surface area contributed by atoms with Crippen LogP contribution in [0.15, 0.2) is 18.2 Å². The van der Waals surface area contributed by atoms with Crippen molar-refractivity contribution in [1.29, 1.82) is 0 Å². The Morgan fingerprint density at radius 3 is 2.74 bits per heavy atom. The van der Waals surface area contributed by atoms with Crippen LogP contribution in [0.25, 0.3) is 0 Å². The van der Waals surface area contributed by atoms with E-state index in [9.17, 15) is 4.39 Å². The van der Waals surface area contributed by atoms with Gasteiger partial charge in [-0.05, 0) is 29.5 Å². The van der Waals surface area contributed by atoms with Gasteiger partial charge in [0.05, 0.1) is 17.2 Å². The van der Waals surface area contributed by atoms with E-state index in [1.54, 1.807) is 12.1 Å². The molecule has 2 atom stereocenters. The first-order valence-electron chi connectivity index (χ1n) is 6.66. The molecule has 0 saturated carbocycles. The van der Waals surface area contributed by atoms with Crippen LogP contribution in [0.2, 0.25) is 5.02 Å². The minimum Gasteiger partial charge on any atom is -0.368 e. The highest BCUT2D eigenvalue weighted by molar-refractivity contribution is 6.30. The Morgan fingerprint density at radius 2 is 2.11 bits per heavy atom. The van der Waals surface area contributed by atoms with Crippen molar-refractivity contribution in [3.63, 3.8) is 0 Å². The summed E-state index contributed by atoms with van der Waals surface area (Å²) in [6.07, 6.45) is 1.12. The summed E-state index contributed by atoms with van der Waals surface area (Å²) in [4.78, 5) is 0. The highest BCUT2D eigenvalue weighted by Crippen LogP contribution is 2.30. The molecule has 106 valence electrons. The molecule has 0 spiro atoms. The summed E-state index contributed by atoms with van der Waals surface area (Å²) in [6.45, 7) is 8.21. The minimum absolute atomic E-state index is 0.0563. The Hall–Kier alpha value is -0.640. The molecule has 1 heterocycles. The van der Waals surface area contributed by atoms with Gasteiger partial charge in [0.1, 0.15) is 5.82 Å². The summed E-state index contributed by atoms with van der Waals surface area (Å²) >= 11 is 5.82. The summed E-state index contributed by atoms with van der Waals surface area (Å²) in [5.74, 6) is -0.388. The van der Waals surface area contributed by atoms with Gasteiger partial charge in [0, 0.05) is 13.1 Å². The first kappa shape index (κ1) is 14.8. The fourth-order valence-corrected chi connectivity index (χ4v) is 2.61. The largest absolute Gasteiger partial charge is 0.368 e. The van der Waals surface area contributed by atoms with Crippen LogP contribution in [-0.4, -0.2) is 19.2 Å². The molecule has 2 rings (SSSR count). The van der Waals surface area contributed by atoms with E-state index in [4.69, 9.17) is 16.3 Å². The van der Waals surface area contributed by atoms with E-state index in [2.05, 4.69) is 26.1 Å². The third-order valence-electron chi connectivity index (χ3n) is 3.21. The van der Waals surface area contributed by atoms with Crippen molar-refractivity contribution < 1.29 is 9.13 Å². The highest BCUT2D eigenvalue weighted by atomic mass is 35.5. The molecule has 1 saturated heterocycles. The van der Waals surface area contributed by atoms with E-state index in [1.807, 2.05) is 0 Å². The van der Waals surface area contributed by atoms with Crippen LogP contribution in [0.4, 0.5) is 4.39 Å². The molecule has 2 nitrogen and oxygen atoms in total. The zero-order chi connectivity index (χ0) is 14.0. The average molecular weight is 286 g/mol. The Kier molecular flexibility index (Phi) is 4.49. The fourth-order valence-electron chi connectivity index (χ4n) is 2.42. The molecule has 19 heavy (non-hydrogen) atoms. The van der Waals surface area contributed by atoms with E-state index < -0.39 is 0 Å². The number of halogens is 2. The van der Waals surface area contributed by atoms with E-state index in [0.717, 1.165) is 25.1 Å². The third-order valence-corrected chi connectivity index (χ3v) is 3.50. The summed E-state index contributed by atoms with van der Waals surface area (Å²) in [5.41, 5.74) is 1.16. The van der Waals surface area contributed by atoms with Gasteiger partial charge in [0.15, 0.2) is 0 Å². The first-order valence-corrected chi connectivity index (χ1v) is 7.04. The average Bonchev–Trinajstić information content (AvgIpc) is 2.31. The van der Waals surface area contributed by atoms with Crippen molar-refractivity contribution in [2.45, 2.75) is 39.4 Å². The Bertz CT molecular complexity index is 444. The van der Waals surface area contributed by atoms with Crippen LogP contribution in [0.3, 0.4) is 0 Å². The molecule has 1 aromatic rings. The molecule has 0 aromatic heterocycles. The molecule has 1 aromatic carbocycles. The topological polar surface area (TPSA) is 21.3 Å². The van der Waals surface area contributed by atoms with Crippen molar-refractivity contribution >= 4 is 11.6 Å². The van der Waals surface area contributed by atoms with Crippen LogP contribution in [0.1, 0.15) is 38.9 Å². The van der Waals surface area contributed by atoms with Crippen molar-refractivity contribution in [2.75, 3.05) is 13.1 Å². The zero-order valence-corrected chi connectivity index (χ0v) is 12.4. The summed E-state index contributed by atoms with van der Waals surface area (Å²) in [6, 6.07) is 4.80. The molecule has 1 fully saturated rings. The van der Waals surface area contributed by atoms with E-state index in [-0.39, 0.29) is 28.5 Å². The predicted molar refractivity (Wildman–Crippen MR) is 76.0 cm³/mol. The standard InChI is InChI=1S/C15H21ClFNO/c1-15(2,3)7-11-8-18-9-14(19-11)10-4-5-13(17)12(16)6-10/h4-6,11,14,18H,7-9H2,1-3H3. The highest BCUT2D eigenvalue weighted by Gasteiger charge is 2.27. The summed E-state index contributed by atoms with van der Waals surface area (Å²) < 4.78 is 19.3. The van der Waals surface area contributed by atoms with Gasteiger partial charge in [-0.2, -0.15) is 0 Å². The van der Waals surface area contributed by atoms with Crippen LogP contribution in [-0.2, 0) is 4.74 Å². The monoisotopic (exact) mass is 285 g/mol. The van der Waals surface area contributed by atoms with Crippen molar-refractivity contribution in [1.82, 2.24) is 5.32 Å². The Labute approximate surface area is 119 Å². The quantitative estimate of drug-likeness (QED) is 0.888. The number of morpholine rings is 1. The van der Waals surface area contributed by atoms with Gasteiger partial charge >= 0.3 is 0 Å². The minimum atomic E-state index is -0.388. The van der Waals surface area contributed by atoms with Crippen molar-refractivity contribution in [3.8, 4) is 0 Å². The number of nitrogens with one attached hydrogen (secondary N) is 1. The second-order valence-electron chi connectivity index (χ2n) is 6.34. The number of hydrogen-bond acceptors (Lipinski definition) is 2. The Balaban J connectivity index is 2.06. The van der Waals surface area contributed by atoms with Crippen LogP contribution < -0.4 is 5.32 Å². The van der Waals surface area contributed by atoms with Gasteiger partial charge in [-0.25, -0.2) is 4.39 Å². The van der Waals surface area contributed by atoms with Gasteiger partial charge < -0.3 is 10.1 Å². The lowest BCUT2D eigenvalue weighted by molar-refractivity contribution is -0.0552. The molecule has 1 N–H and O–H groups in total. The maximum atomic E-state index is 13.2. The zero-order valence-electron chi connectivity index (χ0n) is 11.7. The normalized spacial score (nSPS) is 24.5. The smallest absolute Gasteiger partial charge is 0.141 e. The number of rotatable bonds is 2. The third kappa shape index (κ3) is 4.16. The first-order chi connectivity index (χ1) is 8.85. The molecule has 0 radical (unpaired) electrons. The predicted octanol–water partition coefficient (Wildman–Crippen LogP) is 3.94. The van der Waals surface area contributed by atoms with Crippen LogP contribution in [0, 0.1) is 11.2 Å². The summed E-state index contributed by atoms with van der Waals surface area (Å²) in [7, 11) is 0. The van der Waals surface area contributed by atoms with E-state index in [1.165, 1.54) is 6.07 Å². The maximum Gasteiger partial charge on any atom is 0.141 e. The van der Waals surface area contributed by atoms with Crippen molar-refractivity contribution in [3.05, 3.63) is 34.6 Å². The molecular formula is C15H21ClFNO. The van der Waals surface area contributed by atoms with Gasteiger partial charge in [-0.3, -0.25) is 0 Å². The molecule has 2 unspecified atom stereocenters. The number of ether oxygens (including phenoxy) is 1. The molecule has 1 aliphatic heterocycles. The lowest BCUT2D eigenvalue weighted by Gasteiger charge is -2.34. The fraction of sp³-hybridized carbons (Fsp3) is 0.600. The van der Waals surface area contributed by atoms with Crippen molar-refractivity contribution in [2.24, 2.45) is 5.41 Å². The van der Waals surface area contributed by atoms with Gasteiger partial charge in [0.25, 0.3) is 0 Å².